The average Bonchev–Trinajstić information content (AvgIpc) is 2.96. The van der Waals surface area contributed by atoms with E-state index in [0.717, 1.165) is 43.7 Å². The number of rotatable bonds is 2. The smallest absolute Gasteiger partial charge is 0.195 e. The molecule has 120 valence electrons. The molecule has 3 rings (SSSR count). The number of thiazole rings is 1. The summed E-state index contributed by atoms with van der Waals surface area (Å²) >= 11 is 7.76. The lowest BCUT2D eigenvalue weighted by molar-refractivity contribution is 0.111. The first kappa shape index (κ1) is 16.2. The summed E-state index contributed by atoms with van der Waals surface area (Å²) in [4.78, 5) is 18.5. The molecule has 0 aliphatic carbocycles. The molecule has 2 heterocycles. The molecular formula is C18H19ClN2OS. The van der Waals surface area contributed by atoms with Crippen molar-refractivity contribution >= 4 is 34.2 Å². The van der Waals surface area contributed by atoms with Crippen molar-refractivity contribution in [2.24, 2.45) is 0 Å². The van der Waals surface area contributed by atoms with Crippen LogP contribution in [0.5, 0.6) is 0 Å². The van der Waals surface area contributed by atoms with E-state index in [1.54, 1.807) is 11.3 Å². The van der Waals surface area contributed by atoms with Crippen molar-refractivity contribution in [3.05, 3.63) is 45.1 Å². The first-order valence-electron chi connectivity index (χ1n) is 7.48. The van der Waals surface area contributed by atoms with Crippen LogP contribution in [0.1, 0.15) is 47.4 Å². The second kappa shape index (κ2) is 5.46. The summed E-state index contributed by atoms with van der Waals surface area (Å²) in [7, 11) is 0. The van der Waals surface area contributed by atoms with Gasteiger partial charge < -0.3 is 0 Å². The molecule has 0 amide bonds. The molecule has 0 radical (unpaired) electrons. The number of hydrogen-bond acceptors (Lipinski definition) is 3. The lowest BCUT2D eigenvalue weighted by Gasteiger charge is -2.16. The van der Waals surface area contributed by atoms with Crippen LogP contribution < -0.4 is 0 Å². The highest BCUT2D eigenvalue weighted by molar-refractivity contribution is 7.17. The Morgan fingerprint density at radius 3 is 2.52 bits per heavy atom. The highest BCUT2D eigenvalue weighted by atomic mass is 35.5. The average molecular weight is 347 g/mol. The summed E-state index contributed by atoms with van der Waals surface area (Å²) in [5, 5.41) is 0.745. The van der Waals surface area contributed by atoms with E-state index in [9.17, 15) is 4.79 Å². The van der Waals surface area contributed by atoms with Crippen LogP contribution >= 0.6 is 22.9 Å². The van der Waals surface area contributed by atoms with Crippen LogP contribution in [-0.4, -0.2) is 15.7 Å². The molecule has 0 saturated heterocycles. The Hall–Kier alpha value is -1.65. The second-order valence-corrected chi connectivity index (χ2v) is 8.39. The summed E-state index contributed by atoms with van der Waals surface area (Å²) in [6.07, 6.45) is 0.916. The maximum atomic E-state index is 11.8. The number of aromatic nitrogens is 2. The van der Waals surface area contributed by atoms with E-state index in [1.807, 2.05) is 23.5 Å². The summed E-state index contributed by atoms with van der Waals surface area (Å²) in [6.45, 7) is 10.3. The molecule has 0 unspecified atom stereocenters. The van der Waals surface area contributed by atoms with E-state index in [2.05, 4.69) is 33.8 Å². The van der Waals surface area contributed by atoms with E-state index in [4.69, 9.17) is 16.6 Å². The Balaban J connectivity index is 2.36. The number of carbonyl (C=O) groups is 1. The monoisotopic (exact) mass is 346 g/mol. The van der Waals surface area contributed by atoms with Gasteiger partial charge in [0.15, 0.2) is 11.2 Å². The molecule has 5 heteroatoms. The van der Waals surface area contributed by atoms with Gasteiger partial charge in [-0.3, -0.25) is 9.20 Å². The van der Waals surface area contributed by atoms with Gasteiger partial charge in [-0.25, -0.2) is 4.98 Å². The summed E-state index contributed by atoms with van der Waals surface area (Å²) < 4.78 is 1.98. The lowest BCUT2D eigenvalue weighted by atomic mass is 9.91. The molecule has 0 N–H and O–H groups in total. The molecule has 3 aromatic rings. The molecule has 0 aliphatic heterocycles. The zero-order chi connectivity index (χ0) is 16.9. The van der Waals surface area contributed by atoms with Gasteiger partial charge in [0.1, 0.15) is 5.69 Å². The molecule has 1 aromatic carbocycles. The predicted molar refractivity (Wildman–Crippen MR) is 97.1 cm³/mol. The maximum Gasteiger partial charge on any atom is 0.195 e. The molecule has 0 spiro atoms. The molecule has 23 heavy (non-hydrogen) atoms. The quantitative estimate of drug-likeness (QED) is 0.579. The summed E-state index contributed by atoms with van der Waals surface area (Å²) in [5.74, 6) is 0. The molecular weight excluding hydrogens is 328 g/mol. The number of carbonyl (C=O) groups excluding carboxylic acids is 1. The number of nitrogens with zero attached hydrogens (tertiary/aromatic N) is 2. The lowest BCUT2D eigenvalue weighted by Crippen LogP contribution is -2.15. The first-order chi connectivity index (χ1) is 10.7. The Morgan fingerprint density at radius 1 is 1.26 bits per heavy atom. The van der Waals surface area contributed by atoms with E-state index in [1.165, 1.54) is 0 Å². The van der Waals surface area contributed by atoms with E-state index >= 15 is 0 Å². The first-order valence-corrected chi connectivity index (χ1v) is 8.67. The van der Waals surface area contributed by atoms with Gasteiger partial charge in [-0.2, -0.15) is 0 Å². The number of benzene rings is 1. The standard InChI is InChI=1S/C18H19ClN2OS/c1-10-8-12(6-7-13(10)19)15-11(2)23-17-20-16(18(3,4)5)14(9-22)21(15)17/h6-9H,1-5H3. The van der Waals surface area contributed by atoms with Gasteiger partial charge in [0.05, 0.1) is 11.4 Å². The summed E-state index contributed by atoms with van der Waals surface area (Å²) in [6, 6.07) is 5.95. The van der Waals surface area contributed by atoms with Crippen molar-refractivity contribution in [1.82, 2.24) is 9.38 Å². The van der Waals surface area contributed by atoms with Gasteiger partial charge in [0.25, 0.3) is 0 Å². The Bertz CT molecular complexity index is 915. The molecule has 0 fully saturated rings. The zero-order valence-electron chi connectivity index (χ0n) is 13.9. The predicted octanol–water partition coefficient (Wildman–Crippen LogP) is 5.44. The van der Waals surface area contributed by atoms with Crippen LogP contribution in [0.4, 0.5) is 0 Å². The minimum absolute atomic E-state index is 0.178. The van der Waals surface area contributed by atoms with Crippen LogP contribution in [0.2, 0.25) is 5.02 Å². The van der Waals surface area contributed by atoms with Crippen LogP contribution in [0.3, 0.4) is 0 Å². The van der Waals surface area contributed by atoms with Crippen molar-refractivity contribution < 1.29 is 4.79 Å². The Kier molecular flexibility index (Phi) is 3.85. The van der Waals surface area contributed by atoms with E-state index in [0.29, 0.717) is 5.69 Å². The van der Waals surface area contributed by atoms with E-state index in [-0.39, 0.29) is 5.41 Å². The molecule has 0 bridgehead atoms. The van der Waals surface area contributed by atoms with Crippen molar-refractivity contribution in [3.8, 4) is 11.3 Å². The van der Waals surface area contributed by atoms with Gasteiger partial charge in [0.2, 0.25) is 0 Å². The number of halogens is 1. The highest BCUT2D eigenvalue weighted by Crippen LogP contribution is 2.36. The highest BCUT2D eigenvalue weighted by Gasteiger charge is 2.27. The van der Waals surface area contributed by atoms with Crippen LogP contribution in [0.25, 0.3) is 16.2 Å². The van der Waals surface area contributed by atoms with Crippen LogP contribution in [0.15, 0.2) is 18.2 Å². The number of aryl methyl sites for hydroxylation is 2. The van der Waals surface area contributed by atoms with Crippen LogP contribution in [-0.2, 0) is 5.41 Å². The van der Waals surface area contributed by atoms with Gasteiger partial charge in [-0.15, -0.1) is 11.3 Å². The zero-order valence-corrected chi connectivity index (χ0v) is 15.5. The molecule has 0 atom stereocenters. The Morgan fingerprint density at radius 2 is 1.96 bits per heavy atom. The molecule has 2 aromatic heterocycles. The van der Waals surface area contributed by atoms with Gasteiger partial charge in [-0.05, 0) is 31.5 Å². The number of fused-ring (bicyclic) bond motifs is 1. The number of hydrogen-bond donors (Lipinski definition) is 0. The van der Waals surface area contributed by atoms with Crippen molar-refractivity contribution in [2.75, 3.05) is 0 Å². The fourth-order valence-electron chi connectivity index (χ4n) is 2.82. The van der Waals surface area contributed by atoms with Gasteiger partial charge >= 0.3 is 0 Å². The van der Waals surface area contributed by atoms with Crippen molar-refractivity contribution in [1.29, 1.82) is 0 Å². The molecule has 0 aliphatic rings. The van der Waals surface area contributed by atoms with Crippen molar-refractivity contribution in [3.63, 3.8) is 0 Å². The third-order valence-electron chi connectivity index (χ3n) is 3.94. The second-order valence-electron chi connectivity index (χ2n) is 6.80. The van der Waals surface area contributed by atoms with Crippen LogP contribution in [0, 0.1) is 13.8 Å². The SMILES string of the molecule is Cc1cc(-c2c(C)sc3nc(C(C)(C)C)c(C=O)n23)ccc1Cl. The Labute approximate surface area is 144 Å². The fourth-order valence-corrected chi connectivity index (χ4v) is 3.94. The minimum atomic E-state index is -0.178. The topological polar surface area (TPSA) is 34.4 Å². The van der Waals surface area contributed by atoms with Gasteiger partial charge in [0, 0.05) is 20.9 Å². The number of imidazole rings is 1. The fraction of sp³-hybridized carbons (Fsp3) is 0.333. The summed E-state index contributed by atoms with van der Waals surface area (Å²) in [5.41, 5.74) is 4.40. The maximum absolute atomic E-state index is 11.8. The normalized spacial score (nSPS) is 12.1. The van der Waals surface area contributed by atoms with Gasteiger partial charge in [-0.1, -0.05) is 38.4 Å². The third-order valence-corrected chi connectivity index (χ3v) is 5.32. The van der Waals surface area contributed by atoms with E-state index < -0.39 is 0 Å². The number of aldehydes is 1. The minimum Gasteiger partial charge on any atom is -0.296 e. The van der Waals surface area contributed by atoms with Crippen molar-refractivity contribution in [2.45, 2.75) is 40.0 Å². The molecule has 0 saturated carbocycles. The molecule has 3 nitrogen and oxygen atoms in total. The third kappa shape index (κ3) is 2.60. The largest absolute Gasteiger partial charge is 0.296 e.